The maximum atomic E-state index is 11.6. The number of benzene rings is 1. The third-order valence-electron chi connectivity index (χ3n) is 5.35. The first kappa shape index (κ1) is 17.2. The minimum absolute atomic E-state index is 0.0825. The number of para-hydroxylation sites is 1. The molecule has 0 unspecified atom stereocenters. The first-order chi connectivity index (χ1) is 11.6. The summed E-state index contributed by atoms with van der Waals surface area (Å²) in [6.07, 6.45) is 1.87. The van der Waals surface area contributed by atoms with Crippen LogP contribution in [0.4, 0.5) is 5.69 Å². The molecule has 5 heteroatoms. The summed E-state index contributed by atoms with van der Waals surface area (Å²) in [5.74, 6) is 0.0825. The molecule has 1 amide bonds. The van der Waals surface area contributed by atoms with Crippen molar-refractivity contribution in [3.63, 3.8) is 0 Å². The Morgan fingerprint density at radius 2 is 1.96 bits per heavy atom. The van der Waals surface area contributed by atoms with Crippen LogP contribution in [0, 0.1) is 0 Å². The van der Waals surface area contributed by atoms with E-state index in [4.69, 9.17) is 4.74 Å². The Morgan fingerprint density at radius 1 is 1.25 bits per heavy atom. The zero-order valence-corrected chi connectivity index (χ0v) is 15.0. The molecule has 0 bridgehead atoms. The molecule has 1 fully saturated rings. The molecule has 1 spiro atoms. The number of hydrogen-bond acceptors (Lipinski definition) is 4. The van der Waals surface area contributed by atoms with Crippen LogP contribution in [0.25, 0.3) is 0 Å². The number of likely N-dealkylation sites (N-methyl/N-ethyl adjacent to an activating group) is 1. The third-order valence-corrected chi connectivity index (χ3v) is 5.35. The van der Waals surface area contributed by atoms with Gasteiger partial charge in [-0.25, -0.2) is 0 Å². The molecule has 5 nitrogen and oxygen atoms in total. The SMILES string of the molecule is CNC(=O)CN1CCC2(CC1)OCCN(C(C)C)c1ccccc12. The zero-order chi connectivity index (χ0) is 17.2. The largest absolute Gasteiger partial charge is 0.368 e. The van der Waals surface area contributed by atoms with Gasteiger partial charge in [0, 0.05) is 44.0 Å². The van der Waals surface area contributed by atoms with Crippen LogP contribution in [0.1, 0.15) is 32.3 Å². The highest BCUT2D eigenvalue weighted by molar-refractivity contribution is 5.77. The van der Waals surface area contributed by atoms with Crippen LogP contribution in [0.5, 0.6) is 0 Å². The second-order valence-corrected chi connectivity index (χ2v) is 7.10. The van der Waals surface area contributed by atoms with E-state index in [9.17, 15) is 4.79 Å². The molecule has 132 valence electrons. The number of hydrogen-bond donors (Lipinski definition) is 1. The fourth-order valence-electron chi connectivity index (χ4n) is 3.95. The van der Waals surface area contributed by atoms with Crippen LogP contribution in [-0.4, -0.2) is 56.7 Å². The van der Waals surface area contributed by atoms with E-state index in [0.717, 1.165) is 39.1 Å². The van der Waals surface area contributed by atoms with Gasteiger partial charge >= 0.3 is 0 Å². The minimum atomic E-state index is -0.209. The molecular formula is C19H29N3O2. The van der Waals surface area contributed by atoms with Gasteiger partial charge in [0.05, 0.1) is 18.8 Å². The van der Waals surface area contributed by atoms with Gasteiger partial charge in [-0.15, -0.1) is 0 Å². The van der Waals surface area contributed by atoms with Crippen molar-refractivity contribution in [1.29, 1.82) is 0 Å². The van der Waals surface area contributed by atoms with Gasteiger partial charge in [-0.3, -0.25) is 9.69 Å². The van der Waals surface area contributed by atoms with E-state index in [1.54, 1.807) is 7.05 Å². The second kappa shape index (κ2) is 7.11. The second-order valence-electron chi connectivity index (χ2n) is 7.10. The first-order valence-electron chi connectivity index (χ1n) is 8.99. The van der Waals surface area contributed by atoms with Gasteiger partial charge < -0.3 is 15.0 Å². The van der Waals surface area contributed by atoms with Gasteiger partial charge in [-0.05, 0) is 32.8 Å². The van der Waals surface area contributed by atoms with Gasteiger partial charge in [0.15, 0.2) is 0 Å². The normalized spacial score (nSPS) is 20.8. The summed E-state index contributed by atoms with van der Waals surface area (Å²) in [5, 5.41) is 2.71. The van der Waals surface area contributed by atoms with E-state index < -0.39 is 0 Å². The molecule has 0 atom stereocenters. The molecule has 1 saturated heterocycles. The highest BCUT2D eigenvalue weighted by atomic mass is 16.5. The van der Waals surface area contributed by atoms with E-state index in [-0.39, 0.29) is 11.5 Å². The Balaban J connectivity index is 1.83. The fourth-order valence-corrected chi connectivity index (χ4v) is 3.95. The van der Waals surface area contributed by atoms with Gasteiger partial charge in [0.1, 0.15) is 0 Å². The van der Waals surface area contributed by atoms with Crippen molar-refractivity contribution in [2.45, 2.75) is 38.3 Å². The molecule has 0 saturated carbocycles. The summed E-state index contributed by atoms with van der Waals surface area (Å²) in [5.41, 5.74) is 2.42. The van der Waals surface area contributed by atoms with Crippen LogP contribution in [0.15, 0.2) is 24.3 Å². The van der Waals surface area contributed by atoms with Crippen molar-refractivity contribution >= 4 is 11.6 Å². The summed E-state index contributed by atoms with van der Waals surface area (Å²) in [6.45, 7) is 8.42. The summed E-state index contributed by atoms with van der Waals surface area (Å²) in [6, 6.07) is 9.14. The van der Waals surface area contributed by atoms with Crippen LogP contribution < -0.4 is 10.2 Å². The van der Waals surface area contributed by atoms with E-state index in [1.165, 1.54) is 11.3 Å². The van der Waals surface area contributed by atoms with E-state index in [2.05, 4.69) is 53.2 Å². The number of anilines is 1. The lowest BCUT2D eigenvalue weighted by molar-refractivity contribution is -0.124. The Hall–Kier alpha value is -1.59. The van der Waals surface area contributed by atoms with Crippen LogP contribution in [0.2, 0.25) is 0 Å². The molecule has 3 rings (SSSR count). The molecule has 0 radical (unpaired) electrons. The predicted molar refractivity (Wildman–Crippen MR) is 96.3 cm³/mol. The number of nitrogens with one attached hydrogen (secondary N) is 1. The van der Waals surface area contributed by atoms with Gasteiger partial charge in [-0.1, -0.05) is 18.2 Å². The molecule has 1 N–H and O–H groups in total. The lowest BCUT2D eigenvalue weighted by Gasteiger charge is -2.41. The number of amides is 1. The average molecular weight is 331 g/mol. The lowest BCUT2D eigenvalue weighted by atomic mass is 9.83. The third kappa shape index (κ3) is 3.28. The van der Waals surface area contributed by atoms with Crippen LogP contribution in [-0.2, 0) is 15.1 Å². The summed E-state index contributed by atoms with van der Waals surface area (Å²) in [7, 11) is 1.69. The molecule has 0 aliphatic carbocycles. The van der Waals surface area contributed by atoms with Gasteiger partial charge in [0.25, 0.3) is 0 Å². The van der Waals surface area contributed by atoms with Crippen molar-refractivity contribution in [1.82, 2.24) is 10.2 Å². The molecule has 1 aromatic rings. The van der Waals surface area contributed by atoms with Crippen molar-refractivity contribution in [3.05, 3.63) is 29.8 Å². The highest BCUT2D eigenvalue weighted by Crippen LogP contribution is 2.43. The minimum Gasteiger partial charge on any atom is -0.368 e. The van der Waals surface area contributed by atoms with Crippen molar-refractivity contribution in [2.24, 2.45) is 0 Å². The van der Waals surface area contributed by atoms with Crippen molar-refractivity contribution in [2.75, 3.05) is 44.7 Å². The fraction of sp³-hybridized carbons (Fsp3) is 0.632. The molecule has 2 aliphatic heterocycles. The standard InChI is InChI=1S/C19H29N3O2/c1-15(2)22-12-13-24-19(16-6-4-5-7-17(16)22)8-10-21(11-9-19)14-18(23)20-3/h4-7,15H,8-14H2,1-3H3,(H,20,23). The average Bonchev–Trinajstić information content (AvgIpc) is 2.75. The van der Waals surface area contributed by atoms with E-state index in [1.807, 2.05) is 0 Å². The van der Waals surface area contributed by atoms with Gasteiger partial charge in [-0.2, -0.15) is 0 Å². The summed E-state index contributed by atoms with van der Waals surface area (Å²) < 4.78 is 6.45. The maximum Gasteiger partial charge on any atom is 0.233 e. The van der Waals surface area contributed by atoms with E-state index >= 15 is 0 Å². The number of carbonyl (C=O) groups is 1. The Labute approximate surface area is 145 Å². The number of fused-ring (bicyclic) bond motifs is 2. The number of nitrogens with zero attached hydrogens (tertiary/aromatic N) is 2. The quantitative estimate of drug-likeness (QED) is 0.920. The first-order valence-corrected chi connectivity index (χ1v) is 8.99. The topological polar surface area (TPSA) is 44.8 Å². The highest BCUT2D eigenvalue weighted by Gasteiger charge is 2.41. The molecule has 24 heavy (non-hydrogen) atoms. The van der Waals surface area contributed by atoms with Crippen molar-refractivity contribution in [3.8, 4) is 0 Å². The number of ether oxygens (including phenoxy) is 1. The number of rotatable bonds is 3. The molecular weight excluding hydrogens is 302 g/mol. The zero-order valence-electron chi connectivity index (χ0n) is 15.0. The van der Waals surface area contributed by atoms with Gasteiger partial charge in [0.2, 0.25) is 5.91 Å². The van der Waals surface area contributed by atoms with Crippen molar-refractivity contribution < 1.29 is 9.53 Å². The Morgan fingerprint density at radius 3 is 2.62 bits per heavy atom. The lowest BCUT2D eigenvalue weighted by Crippen LogP contribution is -2.47. The number of carbonyl (C=O) groups excluding carboxylic acids is 1. The van der Waals surface area contributed by atoms with Crippen LogP contribution in [0.3, 0.4) is 0 Å². The number of piperidine rings is 1. The van der Waals surface area contributed by atoms with E-state index in [0.29, 0.717) is 12.6 Å². The van der Waals surface area contributed by atoms with Crippen LogP contribution >= 0.6 is 0 Å². The molecule has 2 aliphatic rings. The Bertz CT molecular complexity index is 580. The monoisotopic (exact) mass is 331 g/mol. The number of likely N-dealkylation sites (tertiary alicyclic amines) is 1. The molecule has 2 heterocycles. The maximum absolute atomic E-state index is 11.6. The Kier molecular flexibility index (Phi) is 5.11. The predicted octanol–water partition coefficient (Wildman–Crippen LogP) is 1.97. The smallest absolute Gasteiger partial charge is 0.233 e. The molecule has 1 aromatic carbocycles. The summed E-state index contributed by atoms with van der Waals surface area (Å²) in [4.78, 5) is 16.3. The molecule has 0 aromatic heterocycles. The summed E-state index contributed by atoms with van der Waals surface area (Å²) >= 11 is 0.